The molecule has 3 rings (SSSR count). The van der Waals surface area contributed by atoms with Crippen LogP contribution in [-0.4, -0.2) is 10.9 Å². The van der Waals surface area contributed by atoms with E-state index in [4.69, 9.17) is 10.2 Å². The fourth-order valence-corrected chi connectivity index (χ4v) is 2.63. The van der Waals surface area contributed by atoms with Crippen molar-refractivity contribution in [2.24, 2.45) is 0 Å². The standard InChI is InChI=1S/C15H18N2O/c1-11(8-13-5-3-7-18-13)17-9-12-4-2-6-15(16)14(12)10-17/h2-7,11H,8-10,16H2,1H3. The molecule has 1 unspecified atom stereocenters. The number of furan rings is 1. The van der Waals surface area contributed by atoms with Crippen LogP contribution < -0.4 is 5.73 Å². The summed E-state index contributed by atoms with van der Waals surface area (Å²) in [7, 11) is 0. The zero-order chi connectivity index (χ0) is 12.5. The number of benzene rings is 1. The molecule has 0 spiro atoms. The van der Waals surface area contributed by atoms with Crippen LogP contribution in [0, 0.1) is 0 Å². The number of fused-ring (bicyclic) bond motifs is 1. The summed E-state index contributed by atoms with van der Waals surface area (Å²) in [5.74, 6) is 1.05. The van der Waals surface area contributed by atoms with Gasteiger partial charge in [0.05, 0.1) is 6.26 Å². The Morgan fingerprint density at radius 2 is 2.17 bits per heavy atom. The van der Waals surface area contributed by atoms with Crippen molar-refractivity contribution in [3.8, 4) is 0 Å². The number of rotatable bonds is 3. The van der Waals surface area contributed by atoms with Crippen LogP contribution in [0.2, 0.25) is 0 Å². The molecule has 2 N–H and O–H groups in total. The molecule has 0 radical (unpaired) electrons. The van der Waals surface area contributed by atoms with E-state index in [-0.39, 0.29) is 0 Å². The molecule has 2 aromatic rings. The maximum absolute atomic E-state index is 6.03. The van der Waals surface area contributed by atoms with Crippen molar-refractivity contribution < 1.29 is 4.42 Å². The number of nitrogens with zero attached hydrogens (tertiary/aromatic N) is 1. The lowest BCUT2D eigenvalue weighted by Crippen LogP contribution is -2.29. The van der Waals surface area contributed by atoms with Gasteiger partial charge in [0, 0.05) is 31.2 Å². The topological polar surface area (TPSA) is 42.4 Å². The Morgan fingerprint density at radius 3 is 2.89 bits per heavy atom. The SMILES string of the molecule is CC(Cc1ccco1)N1Cc2cccc(N)c2C1. The van der Waals surface area contributed by atoms with Crippen LogP contribution in [0.3, 0.4) is 0 Å². The first kappa shape index (κ1) is 11.4. The molecule has 1 atom stereocenters. The third-order valence-electron chi connectivity index (χ3n) is 3.74. The van der Waals surface area contributed by atoms with E-state index < -0.39 is 0 Å². The summed E-state index contributed by atoms with van der Waals surface area (Å²) in [6.07, 6.45) is 2.68. The van der Waals surface area contributed by atoms with Crippen LogP contribution in [0.4, 0.5) is 5.69 Å². The highest BCUT2D eigenvalue weighted by Gasteiger charge is 2.24. The van der Waals surface area contributed by atoms with Crippen molar-refractivity contribution in [2.75, 3.05) is 5.73 Å². The molecule has 94 valence electrons. The maximum atomic E-state index is 6.03. The summed E-state index contributed by atoms with van der Waals surface area (Å²) in [4.78, 5) is 2.45. The number of hydrogen-bond donors (Lipinski definition) is 1. The zero-order valence-electron chi connectivity index (χ0n) is 10.6. The van der Waals surface area contributed by atoms with E-state index in [9.17, 15) is 0 Å². The van der Waals surface area contributed by atoms with Crippen LogP contribution in [0.15, 0.2) is 41.0 Å². The van der Waals surface area contributed by atoms with E-state index in [2.05, 4.69) is 17.9 Å². The molecular weight excluding hydrogens is 224 g/mol. The van der Waals surface area contributed by atoms with Gasteiger partial charge in [0.25, 0.3) is 0 Å². The quantitative estimate of drug-likeness (QED) is 0.842. The Morgan fingerprint density at radius 1 is 1.28 bits per heavy atom. The Hall–Kier alpha value is -1.74. The van der Waals surface area contributed by atoms with E-state index >= 15 is 0 Å². The van der Waals surface area contributed by atoms with Gasteiger partial charge in [-0.3, -0.25) is 4.90 Å². The average molecular weight is 242 g/mol. The monoisotopic (exact) mass is 242 g/mol. The molecular formula is C15H18N2O. The van der Waals surface area contributed by atoms with E-state index in [1.54, 1.807) is 6.26 Å². The van der Waals surface area contributed by atoms with Gasteiger partial charge in [-0.1, -0.05) is 12.1 Å². The predicted octanol–water partition coefficient (Wildman–Crippen LogP) is 2.81. The molecule has 1 aromatic carbocycles. The third-order valence-corrected chi connectivity index (χ3v) is 3.74. The number of anilines is 1. The van der Waals surface area contributed by atoms with Crippen molar-refractivity contribution >= 4 is 5.69 Å². The second-order valence-corrected chi connectivity index (χ2v) is 5.02. The summed E-state index contributed by atoms with van der Waals surface area (Å²) < 4.78 is 5.41. The van der Waals surface area contributed by atoms with Gasteiger partial charge in [0.15, 0.2) is 0 Å². The zero-order valence-corrected chi connectivity index (χ0v) is 10.6. The molecule has 1 aliphatic rings. The van der Waals surface area contributed by atoms with Gasteiger partial charge in [0.1, 0.15) is 5.76 Å². The fourth-order valence-electron chi connectivity index (χ4n) is 2.63. The second kappa shape index (κ2) is 4.50. The Balaban J connectivity index is 1.72. The van der Waals surface area contributed by atoms with Gasteiger partial charge in [-0.25, -0.2) is 0 Å². The van der Waals surface area contributed by atoms with E-state index in [0.29, 0.717) is 6.04 Å². The normalized spacial score (nSPS) is 16.7. The molecule has 2 heterocycles. The molecule has 0 amide bonds. The minimum absolute atomic E-state index is 0.461. The summed E-state index contributed by atoms with van der Waals surface area (Å²) >= 11 is 0. The van der Waals surface area contributed by atoms with E-state index in [1.165, 1.54) is 11.1 Å². The van der Waals surface area contributed by atoms with Crippen molar-refractivity contribution in [3.63, 3.8) is 0 Å². The van der Waals surface area contributed by atoms with Crippen LogP contribution in [0.25, 0.3) is 0 Å². The third kappa shape index (κ3) is 2.02. The molecule has 0 bridgehead atoms. The molecule has 0 aliphatic carbocycles. The van der Waals surface area contributed by atoms with Gasteiger partial charge in [-0.05, 0) is 36.2 Å². The van der Waals surface area contributed by atoms with Crippen LogP contribution in [0.5, 0.6) is 0 Å². The minimum Gasteiger partial charge on any atom is -0.469 e. The molecule has 3 nitrogen and oxygen atoms in total. The average Bonchev–Trinajstić information content (AvgIpc) is 2.97. The van der Waals surface area contributed by atoms with Crippen LogP contribution in [-0.2, 0) is 19.5 Å². The van der Waals surface area contributed by atoms with Gasteiger partial charge < -0.3 is 10.2 Å². The summed E-state index contributed by atoms with van der Waals surface area (Å²) in [6.45, 7) is 4.18. The van der Waals surface area contributed by atoms with Crippen LogP contribution in [0.1, 0.15) is 23.8 Å². The second-order valence-electron chi connectivity index (χ2n) is 5.02. The van der Waals surface area contributed by atoms with Gasteiger partial charge in [-0.2, -0.15) is 0 Å². The molecule has 3 heteroatoms. The highest BCUT2D eigenvalue weighted by molar-refractivity contribution is 5.52. The molecule has 1 aliphatic heterocycles. The molecule has 0 saturated heterocycles. The minimum atomic E-state index is 0.461. The Labute approximate surface area is 107 Å². The summed E-state index contributed by atoms with van der Waals surface area (Å²) in [5.41, 5.74) is 9.60. The van der Waals surface area contributed by atoms with Gasteiger partial charge in [-0.15, -0.1) is 0 Å². The lowest BCUT2D eigenvalue weighted by atomic mass is 10.1. The first-order valence-corrected chi connectivity index (χ1v) is 6.36. The predicted molar refractivity (Wildman–Crippen MR) is 72.0 cm³/mol. The summed E-state index contributed by atoms with van der Waals surface area (Å²) in [5, 5.41) is 0. The van der Waals surface area contributed by atoms with E-state index in [1.807, 2.05) is 24.3 Å². The molecule has 18 heavy (non-hydrogen) atoms. The smallest absolute Gasteiger partial charge is 0.105 e. The largest absolute Gasteiger partial charge is 0.469 e. The number of nitrogen functional groups attached to an aromatic ring is 1. The fraction of sp³-hybridized carbons (Fsp3) is 0.333. The van der Waals surface area contributed by atoms with Crippen molar-refractivity contribution in [1.29, 1.82) is 0 Å². The van der Waals surface area contributed by atoms with E-state index in [0.717, 1.165) is 31.0 Å². The lowest BCUT2D eigenvalue weighted by Gasteiger charge is -2.22. The van der Waals surface area contributed by atoms with Crippen molar-refractivity contribution in [2.45, 2.75) is 32.5 Å². The molecule has 1 aromatic heterocycles. The molecule has 0 fully saturated rings. The van der Waals surface area contributed by atoms with Crippen LogP contribution >= 0.6 is 0 Å². The first-order chi connectivity index (χ1) is 8.74. The highest BCUT2D eigenvalue weighted by Crippen LogP contribution is 2.29. The molecule has 0 saturated carbocycles. The van der Waals surface area contributed by atoms with Gasteiger partial charge in [0.2, 0.25) is 0 Å². The highest BCUT2D eigenvalue weighted by atomic mass is 16.3. The maximum Gasteiger partial charge on any atom is 0.105 e. The van der Waals surface area contributed by atoms with Gasteiger partial charge >= 0.3 is 0 Å². The summed E-state index contributed by atoms with van der Waals surface area (Å²) in [6, 6.07) is 10.6. The van der Waals surface area contributed by atoms with Crippen molar-refractivity contribution in [3.05, 3.63) is 53.5 Å². The Kier molecular flexibility index (Phi) is 2.84. The Bertz CT molecular complexity index is 533. The number of hydrogen-bond acceptors (Lipinski definition) is 3. The first-order valence-electron chi connectivity index (χ1n) is 6.36. The van der Waals surface area contributed by atoms with Crippen molar-refractivity contribution in [1.82, 2.24) is 4.90 Å². The lowest BCUT2D eigenvalue weighted by molar-refractivity contribution is 0.205. The number of nitrogens with two attached hydrogens (primary N) is 1.